The fourth-order valence-corrected chi connectivity index (χ4v) is 8.53. The maximum atomic E-state index is 17.1. The van der Waals surface area contributed by atoms with Gasteiger partial charge in [-0.15, -0.1) is 0 Å². The number of anilines is 1. The quantitative estimate of drug-likeness (QED) is 0.289. The summed E-state index contributed by atoms with van der Waals surface area (Å²) in [6.07, 6.45) is 7.21. The van der Waals surface area contributed by atoms with E-state index in [1.807, 2.05) is 4.90 Å². The summed E-state index contributed by atoms with van der Waals surface area (Å²) in [5.41, 5.74) is 2.41. The van der Waals surface area contributed by atoms with Gasteiger partial charge in [-0.05, 0) is 50.3 Å². The molecule has 3 fully saturated rings. The number of piperidine rings is 1. The van der Waals surface area contributed by atoms with Crippen LogP contribution in [-0.4, -0.2) is 101 Å². The number of hydrogen-bond donors (Lipinski definition) is 2. The van der Waals surface area contributed by atoms with Gasteiger partial charge in [0.25, 0.3) is 0 Å². The smallest absolute Gasteiger partial charge is 0.319 e. The molecule has 9 heterocycles. The van der Waals surface area contributed by atoms with Gasteiger partial charge in [0, 0.05) is 54.1 Å². The molecule has 8 bridgehead atoms. The van der Waals surface area contributed by atoms with Crippen LogP contribution in [0, 0.1) is 5.82 Å². The molecule has 5 aromatic rings. The fraction of sp³-hybridized carbons (Fsp3) is 0.500. The molecule has 244 valence electrons. The van der Waals surface area contributed by atoms with Gasteiger partial charge in [-0.3, -0.25) is 15.0 Å². The Morgan fingerprint density at radius 1 is 1.11 bits per heavy atom. The Bertz CT molecular complexity index is 2020. The molecular weight excluding hydrogens is 630 g/mol. The Hall–Kier alpha value is -4.01. The highest BCUT2D eigenvalue weighted by atomic mass is 35.5. The summed E-state index contributed by atoms with van der Waals surface area (Å²) in [6.45, 7) is 2.67. The molecule has 12 nitrogen and oxygen atoms in total. The molecule has 10 rings (SSSR count). The fourth-order valence-electron chi connectivity index (χ4n) is 8.23. The zero-order chi connectivity index (χ0) is 31.9. The molecule has 15 heteroatoms. The van der Waals surface area contributed by atoms with Crippen molar-refractivity contribution in [2.24, 2.45) is 0 Å². The number of halogens is 3. The van der Waals surface area contributed by atoms with Crippen molar-refractivity contribution in [3.05, 3.63) is 46.8 Å². The number of benzene rings is 1. The van der Waals surface area contributed by atoms with Gasteiger partial charge >= 0.3 is 6.01 Å². The number of ether oxygens (including phenoxy) is 1. The maximum absolute atomic E-state index is 17.1. The molecule has 4 atom stereocenters. The first-order valence-electron chi connectivity index (χ1n) is 16.2. The summed E-state index contributed by atoms with van der Waals surface area (Å²) in [4.78, 5) is 19.9. The van der Waals surface area contributed by atoms with Crippen LogP contribution in [0.2, 0.25) is 5.02 Å². The van der Waals surface area contributed by atoms with Gasteiger partial charge in [-0.2, -0.15) is 30.1 Å². The van der Waals surface area contributed by atoms with Crippen LogP contribution in [0.5, 0.6) is 6.01 Å². The van der Waals surface area contributed by atoms with Crippen LogP contribution in [0.3, 0.4) is 0 Å². The third kappa shape index (κ3) is 4.82. The normalized spacial score (nSPS) is 26.0. The molecule has 3 saturated heterocycles. The second-order valence-corrected chi connectivity index (χ2v) is 13.8. The number of aromatic nitrogens is 8. The first-order chi connectivity index (χ1) is 22.8. The van der Waals surface area contributed by atoms with Crippen LogP contribution < -0.4 is 9.64 Å². The molecule has 0 saturated carbocycles. The lowest BCUT2D eigenvalue weighted by Gasteiger charge is -2.36. The predicted octanol–water partition coefficient (Wildman–Crippen LogP) is 4.21. The minimum Gasteiger partial charge on any atom is -0.461 e. The number of pyridine rings is 1. The second kappa shape index (κ2) is 11.0. The summed E-state index contributed by atoms with van der Waals surface area (Å²) in [7, 11) is 0. The van der Waals surface area contributed by atoms with Crippen molar-refractivity contribution in [1.29, 1.82) is 0 Å². The number of aliphatic hydroxyl groups excluding tert-OH is 1. The van der Waals surface area contributed by atoms with E-state index in [2.05, 4.69) is 30.2 Å². The Labute approximate surface area is 273 Å². The van der Waals surface area contributed by atoms with Crippen molar-refractivity contribution in [1.82, 2.24) is 45.0 Å². The molecule has 1 aromatic carbocycles. The van der Waals surface area contributed by atoms with Gasteiger partial charge in [-0.25, -0.2) is 8.78 Å². The second-order valence-electron chi connectivity index (χ2n) is 13.4. The van der Waals surface area contributed by atoms with Crippen LogP contribution in [-0.2, 0) is 13.0 Å². The SMILES string of the molecule is O[C@H]1C[C@@H]2CN(C1)c1nc(OC[C@@]34CCCN3C[C@H](F)C4)nc3c(F)c(ncc13)-c1c(c(Cl)cc3[nH]ncc13)CCCn1ncc2n1. The Morgan fingerprint density at radius 2 is 2.02 bits per heavy atom. The highest BCUT2D eigenvalue weighted by molar-refractivity contribution is 6.33. The van der Waals surface area contributed by atoms with Gasteiger partial charge in [-0.1, -0.05) is 11.6 Å². The number of H-pyrrole nitrogens is 1. The first kappa shape index (κ1) is 29.2. The minimum absolute atomic E-state index is 0.00414. The number of fused-ring (bicyclic) bond motifs is 5. The molecule has 4 aromatic heterocycles. The van der Waals surface area contributed by atoms with E-state index in [-0.39, 0.29) is 36.3 Å². The van der Waals surface area contributed by atoms with Gasteiger partial charge in [0.2, 0.25) is 0 Å². The number of hydrogen-bond acceptors (Lipinski definition) is 10. The van der Waals surface area contributed by atoms with Crippen LogP contribution in [0.1, 0.15) is 49.3 Å². The number of rotatable bonds is 3. The lowest BCUT2D eigenvalue weighted by molar-refractivity contribution is 0.107. The summed E-state index contributed by atoms with van der Waals surface area (Å²) >= 11 is 6.85. The van der Waals surface area contributed by atoms with Crippen molar-refractivity contribution in [3.8, 4) is 17.3 Å². The van der Waals surface area contributed by atoms with Gasteiger partial charge in [0.15, 0.2) is 5.82 Å². The standard InChI is InChI=1S/C32H33ClF2N10O2/c33-23-8-24-21(11-37-41-24)26-20(23)3-1-6-45-38-12-25(42-45)17-7-19(46)15-43(13-17)30-22-10-36-29(26)27(35)28(22)39-31(40-30)47-16-32-4-2-5-44(32)14-18(34)9-32/h8,10-12,17-19,46H,1-7,9,13-16H2,(H,37,41)/t17-,18-,19+,32+/m1/s1. The van der Waals surface area contributed by atoms with E-state index in [1.54, 1.807) is 29.5 Å². The van der Waals surface area contributed by atoms with E-state index in [0.717, 1.165) is 30.6 Å². The van der Waals surface area contributed by atoms with E-state index in [9.17, 15) is 9.50 Å². The van der Waals surface area contributed by atoms with Crippen molar-refractivity contribution < 1.29 is 18.6 Å². The van der Waals surface area contributed by atoms with Crippen molar-refractivity contribution >= 4 is 39.2 Å². The lowest BCUT2D eigenvalue weighted by atomic mass is 9.93. The van der Waals surface area contributed by atoms with Gasteiger partial charge < -0.3 is 14.7 Å². The number of aliphatic hydroxyl groups is 1. The number of nitrogens with one attached hydrogen (secondary N) is 1. The molecule has 0 radical (unpaired) electrons. The number of aryl methyl sites for hydroxylation is 1. The third-order valence-electron chi connectivity index (χ3n) is 10.4. The van der Waals surface area contributed by atoms with Crippen LogP contribution in [0.25, 0.3) is 33.1 Å². The highest BCUT2D eigenvalue weighted by Crippen LogP contribution is 2.42. The lowest BCUT2D eigenvalue weighted by Crippen LogP contribution is -2.44. The predicted molar refractivity (Wildman–Crippen MR) is 170 cm³/mol. The maximum Gasteiger partial charge on any atom is 0.319 e. The number of aromatic amines is 1. The topological polar surface area (TPSA) is 134 Å². The molecule has 0 aliphatic carbocycles. The zero-order valence-electron chi connectivity index (χ0n) is 25.5. The molecule has 2 N–H and O–H groups in total. The molecule has 0 amide bonds. The van der Waals surface area contributed by atoms with Crippen LogP contribution in [0.4, 0.5) is 14.6 Å². The van der Waals surface area contributed by atoms with E-state index in [0.29, 0.717) is 78.0 Å². The Morgan fingerprint density at radius 3 is 2.94 bits per heavy atom. The molecular formula is C32H33ClF2N10O2. The van der Waals surface area contributed by atoms with Gasteiger partial charge in [0.1, 0.15) is 29.8 Å². The van der Waals surface area contributed by atoms with Crippen molar-refractivity contribution in [2.45, 2.75) is 68.8 Å². The Kier molecular flexibility index (Phi) is 6.84. The summed E-state index contributed by atoms with van der Waals surface area (Å²) < 4.78 is 37.9. The summed E-state index contributed by atoms with van der Waals surface area (Å²) in [5, 5.41) is 29.0. The summed E-state index contributed by atoms with van der Waals surface area (Å²) in [5.74, 6) is -0.367. The molecule has 47 heavy (non-hydrogen) atoms. The van der Waals surface area contributed by atoms with E-state index in [1.165, 1.54) is 0 Å². The van der Waals surface area contributed by atoms with E-state index in [4.69, 9.17) is 26.4 Å². The molecule has 0 spiro atoms. The number of alkyl halides is 1. The largest absolute Gasteiger partial charge is 0.461 e. The Balaban J connectivity index is 1.23. The van der Waals surface area contributed by atoms with Crippen molar-refractivity contribution in [3.63, 3.8) is 0 Å². The van der Waals surface area contributed by atoms with Crippen molar-refractivity contribution in [2.75, 3.05) is 37.7 Å². The minimum atomic E-state index is -0.915. The average Bonchev–Trinajstić information content (AvgIpc) is 3.84. The van der Waals surface area contributed by atoms with Crippen LogP contribution in [0.15, 0.2) is 24.7 Å². The monoisotopic (exact) mass is 662 g/mol. The number of nitrogens with zero attached hydrogens (tertiary/aromatic N) is 9. The van der Waals surface area contributed by atoms with E-state index < -0.39 is 23.6 Å². The molecule has 0 unspecified atom stereocenters. The third-order valence-corrected chi connectivity index (χ3v) is 10.7. The first-order valence-corrected chi connectivity index (χ1v) is 16.6. The van der Waals surface area contributed by atoms with Gasteiger partial charge in [0.05, 0.1) is 47.2 Å². The molecule has 5 aliphatic rings. The molecule has 5 aliphatic heterocycles. The average molecular weight is 663 g/mol. The van der Waals surface area contributed by atoms with E-state index >= 15 is 4.39 Å². The zero-order valence-corrected chi connectivity index (χ0v) is 26.3. The summed E-state index contributed by atoms with van der Waals surface area (Å²) in [6, 6.07) is 1.79. The van der Waals surface area contributed by atoms with Crippen LogP contribution >= 0.6 is 11.6 Å². The highest BCUT2D eigenvalue weighted by Gasteiger charge is 2.49.